The topological polar surface area (TPSA) is 49.0 Å². The number of aromatic nitrogens is 2. The monoisotopic (exact) mass is 245 g/mol. The van der Waals surface area contributed by atoms with E-state index in [1.165, 1.54) is 0 Å². The molecule has 2 rings (SSSR count). The van der Waals surface area contributed by atoms with Gasteiger partial charge in [-0.25, -0.2) is 0 Å². The van der Waals surface area contributed by atoms with Crippen LogP contribution in [-0.4, -0.2) is 34.6 Å². The molecule has 1 atom stereocenters. The first-order chi connectivity index (χ1) is 8.63. The SMILES string of the molecule is CCC(C)CN(C)C(=O)c1n[nH]c2ccccc12. The molecule has 0 bridgehead atoms. The fourth-order valence-electron chi connectivity index (χ4n) is 1.99. The van der Waals surface area contributed by atoms with Crippen LogP contribution in [0.1, 0.15) is 30.8 Å². The Morgan fingerprint density at radius 3 is 2.89 bits per heavy atom. The molecule has 1 amide bonds. The molecule has 1 unspecified atom stereocenters. The molecule has 0 radical (unpaired) electrons. The van der Waals surface area contributed by atoms with Gasteiger partial charge in [0.2, 0.25) is 0 Å². The molecular weight excluding hydrogens is 226 g/mol. The Balaban J connectivity index is 2.23. The van der Waals surface area contributed by atoms with Crippen LogP contribution in [0.4, 0.5) is 0 Å². The summed E-state index contributed by atoms with van der Waals surface area (Å²) in [7, 11) is 1.83. The minimum atomic E-state index is -0.0206. The van der Waals surface area contributed by atoms with Gasteiger partial charge in [0, 0.05) is 19.0 Å². The maximum Gasteiger partial charge on any atom is 0.274 e. The van der Waals surface area contributed by atoms with Crippen LogP contribution in [0, 0.1) is 5.92 Å². The summed E-state index contributed by atoms with van der Waals surface area (Å²) in [5.74, 6) is 0.483. The number of aromatic amines is 1. The smallest absolute Gasteiger partial charge is 0.274 e. The third kappa shape index (κ3) is 2.37. The van der Waals surface area contributed by atoms with Gasteiger partial charge in [0.1, 0.15) is 0 Å². The average Bonchev–Trinajstić information content (AvgIpc) is 2.81. The van der Waals surface area contributed by atoms with E-state index in [-0.39, 0.29) is 5.91 Å². The Morgan fingerprint density at radius 2 is 2.17 bits per heavy atom. The molecule has 18 heavy (non-hydrogen) atoms. The van der Waals surface area contributed by atoms with Gasteiger partial charge in [0.05, 0.1) is 5.52 Å². The lowest BCUT2D eigenvalue weighted by atomic mass is 10.1. The highest BCUT2D eigenvalue weighted by Gasteiger charge is 2.18. The van der Waals surface area contributed by atoms with E-state index in [9.17, 15) is 4.79 Å². The van der Waals surface area contributed by atoms with Crippen LogP contribution in [-0.2, 0) is 0 Å². The summed E-state index contributed by atoms with van der Waals surface area (Å²) >= 11 is 0. The number of H-pyrrole nitrogens is 1. The molecule has 0 spiro atoms. The molecular formula is C14H19N3O. The molecule has 1 N–H and O–H groups in total. The van der Waals surface area contributed by atoms with Gasteiger partial charge < -0.3 is 4.90 Å². The Morgan fingerprint density at radius 1 is 1.44 bits per heavy atom. The number of nitrogens with one attached hydrogen (secondary N) is 1. The van der Waals surface area contributed by atoms with E-state index in [4.69, 9.17) is 0 Å². The zero-order valence-electron chi connectivity index (χ0n) is 11.1. The van der Waals surface area contributed by atoms with Gasteiger partial charge in [-0.05, 0) is 12.0 Å². The number of nitrogens with zero attached hydrogens (tertiary/aromatic N) is 2. The number of carbonyl (C=O) groups excluding carboxylic acids is 1. The molecule has 0 fully saturated rings. The number of para-hydroxylation sites is 1. The van der Waals surface area contributed by atoms with Crippen LogP contribution >= 0.6 is 0 Å². The summed E-state index contributed by atoms with van der Waals surface area (Å²) in [5, 5.41) is 7.91. The van der Waals surface area contributed by atoms with Gasteiger partial charge in [-0.2, -0.15) is 5.10 Å². The van der Waals surface area contributed by atoms with Gasteiger partial charge in [-0.3, -0.25) is 9.89 Å². The number of hydrogen-bond donors (Lipinski definition) is 1. The highest BCUT2D eigenvalue weighted by molar-refractivity contribution is 6.04. The van der Waals surface area contributed by atoms with Crippen LogP contribution in [0.15, 0.2) is 24.3 Å². The highest BCUT2D eigenvalue weighted by Crippen LogP contribution is 2.17. The molecule has 4 nitrogen and oxygen atoms in total. The molecule has 1 heterocycles. The molecule has 4 heteroatoms. The first kappa shape index (κ1) is 12.6. The van der Waals surface area contributed by atoms with E-state index in [2.05, 4.69) is 24.0 Å². The predicted octanol–water partition coefficient (Wildman–Crippen LogP) is 2.68. The minimum absolute atomic E-state index is 0.0206. The van der Waals surface area contributed by atoms with Crippen molar-refractivity contribution in [1.82, 2.24) is 15.1 Å². The summed E-state index contributed by atoms with van der Waals surface area (Å²) < 4.78 is 0. The Labute approximate surface area is 107 Å². The van der Waals surface area contributed by atoms with Crippen LogP contribution < -0.4 is 0 Å². The van der Waals surface area contributed by atoms with Gasteiger partial charge >= 0.3 is 0 Å². The maximum atomic E-state index is 12.3. The van der Waals surface area contributed by atoms with Crippen molar-refractivity contribution in [2.45, 2.75) is 20.3 Å². The van der Waals surface area contributed by atoms with Crippen molar-refractivity contribution >= 4 is 16.8 Å². The Hall–Kier alpha value is -1.84. The van der Waals surface area contributed by atoms with Crippen LogP contribution in [0.3, 0.4) is 0 Å². The number of rotatable bonds is 4. The molecule has 0 aliphatic rings. The van der Waals surface area contributed by atoms with E-state index in [0.717, 1.165) is 23.9 Å². The third-order valence-electron chi connectivity index (χ3n) is 3.30. The molecule has 0 aliphatic carbocycles. The maximum absolute atomic E-state index is 12.3. The summed E-state index contributed by atoms with van der Waals surface area (Å²) in [6, 6.07) is 7.69. The van der Waals surface area contributed by atoms with Crippen molar-refractivity contribution in [3.05, 3.63) is 30.0 Å². The molecule has 1 aromatic heterocycles. The second-order valence-electron chi connectivity index (χ2n) is 4.82. The van der Waals surface area contributed by atoms with Crippen molar-refractivity contribution in [2.75, 3.05) is 13.6 Å². The van der Waals surface area contributed by atoms with Gasteiger partial charge in [0.25, 0.3) is 5.91 Å². The molecule has 96 valence electrons. The lowest BCUT2D eigenvalue weighted by Crippen LogP contribution is -2.31. The molecule has 0 saturated heterocycles. The fourth-order valence-corrected chi connectivity index (χ4v) is 1.99. The fraction of sp³-hybridized carbons (Fsp3) is 0.429. The van der Waals surface area contributed by atoms with E-state index >= 15 is 0 Å². The molecule has 0 saturated carbocycles. The lowest BCUT2D eigenvalue weighted by molar-refractivity contribution is 0.0771. The third-order valence-corrected chi connectivity index (χ3v) is 3.30. The number of hydrogen-bond acceptors (Lipinski definition) is 2. The zero-order valence-corrected chi connectivity index (χ0v) is 11.1. The largest absolute Gasteiger partial charge is 0.340 e. The summed E-state index contributed by atoms with van der Waals surface area (Å²) in [6.07, 6.45) is 1.07. The first-order valence-electron chi connectivity index (χ1n) is 6.32. The van der Waals surface area contributed by atoms with Crippen molar-refractivity contribution in [2.24, 2.45) is 5.92 Å². The van der Waals surface area contributed by atoms with Crippen LogP contribution in [0.2, 0.25) is 0 Å². The van der Waals surface area contributed by atoms with Crippen molar-refractivity contribution < 1.29 is 4.79 Å². The van der Waals surface area contributed by atoms with Gasteiger partial charge in [-0.1, -0.05) is 38.5 Å². The zero-order chi connectivity index (χ0) is 13.1. The average molecular weight is 245 g/mol. The molecule has 0 aliphatic heterocycles. The van der Waals surface area contributed by atoms with E-state index in [0.29, 0.717) is 11.6 Å². The standard InChI is InChI=1S/C14H19N3O/c1-4-10(2)9-17(3)14(18)13-11-7-5-6-8-12(11)15-16-13/h5-8,10H,4,9H2,1-3H3,(H,15,16). The quantitative estimate of drug-likeness (QED) is 0.900. The van der Waals surface area contributed by atoms with E-state index in [1.807, 2.05) is 31.3 Å². The van der Waals surface area contributed by atoms with E-state index < -0.39 is 0 Å². The summed E-state index contributed by atoms with van der Waals surface area (Å²) in [4.78, 5) is 14.1. The second kappa shape index (κ2) is 5.21. The van der Waals surface area contributed by atoms with Crippen LogP contribution in [0.5, 0.6) is 0 Å². The van der Waals surface area contributed by atoms with E-state index in [1.54, 1.807) is 4.90 Å². The Kier molecular flexibility index (Phi) is 3.65. The number of benzene rings is 1. The second-order valence-corrected chi connectivity index (χ2v) is 4.82. The Bertz CT molecular complexity index is 547. The normalized spacial score (nSPS) is 12.6. The van der Waals surface area contributed by atoms with Crippen molar-refractivity contribution in [3.63, 3.8) is 0 Å². The highest BCUT2D eigenvalue weighted by atomic mass is 16.2. The summed E-state index contributed by atoms with van der Waals surface area (Å²) in [6.45, 7) is 5.04. The molecule has 2 aromatic rings. The van der Waals surface area contributed by atoms with Gasteiger partial charge in [0.15, 0.2) is 5.69 Å². The molecule has 1 aromatic carbocycles. The first-order valence-corrected chi connectivity index (χ1v) is 6.32. The number of amides is 1. The van der Waals surface area contributed by atoms with Crippen molar-refractivity contribution in [3.8, 4) is 0 Å². The summed E-state index contributed by atoms with van der Waals surface area (Å²) in [5.41, 5.74) is 1.41. The lowest BCUT2D eigenvalue weighted by Gasteiger charge is -2.19. The van der Waals surface area contributed by atoms with Gasteiger partial charge in [-0.15, -0.1) is 0 Å². The van der Waals surface area contributed by atoms with Crippen LogP contribution in [0.25, 0.3) is 10.9 Å². The van der Waals surface area contributed by atoms with Crippen molar-refractivity contribution in [1.29, 1.82) is 0 Å². The minimum Gasteiger partial charge on any atom is -0.340 e. The predicted molar refractivity (Wildman–Crippen MR) is 72.5 cm³/mol. The number of carbonyl (C=O) groups is 1. The number of fused-ring (bicyclic) bond motifs is 1.